The van der Waals surface area contributed by atoms with Crippen LogP contribution in [0.25, 0.3) is 0 Å². The Morgan fingerprint density at radius 1 is 1.23 bits per heavy atom. The molecule has 2 aliphatic rings. The highest BCUT2D eigenvalue weighted by Crippen LogP contribution is 2.21. The van der Waals surface area contributed by atoms with Gasteiger partial charge in [-0.3, -0.25) is 4.79 Å². The number of amides is 1. The molecule has 118 valence electrons. The van der Waals surface area contributed by atoms with E-state index < -0.39 is 0 Å². The zero-order valence-corrected chi connectivity index (χ0v) is 12.9. The summed E-state index contributed by atoms with van der Waals surface area (Å²) in [6.45, 7) is 3.42. The molecule has 0 saturated carbocycles. The van der Waals surface area contributed by atoms with Gasteiger partial charge in [-0.05, 0) is 30.9 Å². The van der Waals surface area contributed by atoms with Gasteiger partial charge in [-0.15, -0.1) is 0 Å². The number of carbonyl (C=O) groups excluding carboxylic acids is 1. The molecule has 22 heavy (non-hydrogen) atoms. The van der Waals surface area contributed by atoms with Crippen molar-refractivity contribution >= 4 is 11.7 Å². The fourth-order valence-electron chi connectivity index (χ4n) is 3.25. The van der Waals surface area contributed by atoms with Crippen molar-refractivity contribution < 1.29 is 4.79 Å². The van der Waals surface area contributed by atoms with E-state index in [4.69, 9.17) is 5.73 Å². The number of aromatic nitrogens is 1. The lowest BCUT2D eigenvalue weighted by molar-refractivity contribution is -0.131. The summed E-state index contributed by atoms with van der Waals surface area (Å²) in [4.78, 5) is 21.1. The number of hydrogen-bond acceptors (Lipinski definition) is 4. The Morgan fingerprint density at radius 3 is 2.86 bits per heavy atom. The van der Waals surface area contributed by atoms with Crippen LogP contribution in [0.5, 0.6) is 0 Å². The smallest absolute Gasteiger partial charge is 0.223 e. The van der Waals surface area contributed by atoms with Crippen LogP contribution in [0.2, 0.25) is 0 Å². The first-order valence-electron chi connectivity index (χ1n) is 8.10. The molecular formula is C17H24N4O. The minimum absolute atomic E-state index is 0.126. The van der Waals surface area contributed by atoms with Crippen molar-refractivity contribution in [2.75, 3.05) is 31.1 Å². The molecule has 1 aliphatic carbocycles. The second-order valence-corrected chi connectivity index (χ2v) is 6.16. The molecule has 2 N–H and O–H groups in total. The summed E-state index contributed by atoms with van der Waals surface area (Å²) in [5, 5.41) is 0. The van der Waals surface area contributed by atoms with Crippen LogP contribution >= 0.6 is 0 Å². The molecule has 1 aromatic heterocycles. The second-order valence-electron chi connectivity index (χ2n) is 6.16. The zero-order chi connectivity index (χ0) is 15.4. The molecular weight excluding hydrogens is 276 g/mol. The number of carbonyl (C=O) groups is 1. The van der Waals surface area contributed by atoms with Gasteiger partial charge >= 0.3 is 0 Å². The van der Waals surface area contributed by atoms with Crippen molar-refractivity contribution in [3.05, 3.63) is 36.5 Å². The van der Waals surface area contributed by atoms with Gasteiger partial charge in [0, 0.05) is 44.8 Å². The monoisotopic (exact) mass is 300 g/mol. The first-order chi connectivity index (χ1) is 10.7. The van der Waals surface area contributed by atoms with Crippen LogP contribution < -0.4 is 10.6 Å². The summed E-state index contributed by atoms with van der Waals surface area (Å²) in [7, 11) is 0. The van der Waals surface area contributed by atoms with E-state index in [0.29, 0.717) is 12.3 Å². The third-order valence-electron chi connectivity index (χ3n) is 4.46. The van der Waals surface area contributed by atoms with Crippen molar-refractivity contribution in [3.8, 4) is 0 Å². The normalized spacial score (nSPS) is 25.3. The molecule has 2 atom stereocenters. The minimum atomic E-state index is 0.126. The maximum Gasteiger partial charge on any atom is 0.223 e. The fraction of sp³-hybridized carbons (Fsp3) is 0.529. The van der Waals surface area contributed by atoms with E-state index in [-0.39, 0.29) is 11.9 Å². The van der Waals surface area contributed by atoms with Gasteiger partial charge in [0.05, 0.1) is 0 Å². The van der Waals surface area contributed by atoms with E-state index >= 15 is 0 Å². The average Bonchev–Trinajstić information content (AvgIpc) is 2.80. The average molecular weight is 300 g/mol. The Bertz CT molecular complexity index is 531. The lowest BCUT2D eigenvalue weighted by Crippen LogP contribution is -2.36. The maximum absolute atomic E-state index is 12.5. The number of anilines is 1. The van der Waals surface area contributed by atoms with E-state index in [9.17, 15) is 4.79 Å². The molecule has 3 rings (SSSR count). The maximum atomic E-state index is 12.5. The molecule has 1 fully saturated rings. The van der Waals surface area contributed by atoms with Gasteiger partial charge in [-0.1, -0.05) is 18.2 Å². The fourth-order valence-corrected chi connectivity index (χ4v) is 3.25. The molecule has 1 aromatic rings. The number of nitrogens with two attached hydrogens (primary N) is 1. The molecule has 5 nitrogen and oxygen atoms in total. The molecule has 0 spiro atoms. The summed E-state index contributed by atoms with van der Waals surface area (Å²) in [5.41, 5.74) is 5.86. The first kappa shape index (κ1) is 15.0. The van der Waals surface area contributed by atoms with E-state index in [1.165, 1.54) is 0 Å². The van der Waals surface area contributed by atoms with Crippen LogP contribution in [0, 0.1) is 5.92 Å². The lowest BCUT2D eigenvalue weighted by Gasteiger charge is -2.23. The Balaban J connectivity index is 1.54. The van der Waals surface area contributed by atoms with Gasteiger partial charge in [0.1, 0.15) is 5.82 Å². The van der Waals surface area contributed by atoms with Gasteiger partial charge in [0.15, 0.2) is 0 Å². The molecule has 0 bridgehead atoms. The van der Waals surface area contributed by atoms with Crippen molar-refractivity contribution in [2.24, 2.45) is 11.7 Å². The quantitative estimate of drug-likeness (QED) is 0.858. The van der Waals surface area contributed by atoms with Gasteiger partial charge < -0.3 is 15.5 Å². The largest absolute Gasteiger partial charge is 0.355 e. The SMILES string of the molecule is N[C@H]1C=C[C@@H](CC(=O)N2CCCN(c3ccccn3)CC2)C1. The number of allylic oxidation sites excluding steroid dienone is 1. The molecule has 1 aliphatic heterocycles. The summed E-state index contributed by atoms with van der Waals surface area (Å²) < 4.78 is 0. The van der Waals surface area contributed by atoms with Gasteiger partial charge in [0.25, 0.3) is 0 Å². The molecule has 0 unspecified atom stereocenters. The third kappa shape index (κ3) is 3.65. The van der Waals surface area contributed by atoms with Crippen molar-refractivity contribution in [3.63, 3.8) is 0 Å². The second kappa shape index (κ2) is 6.92. The molecule has 1 saturated heterocycles. The van der Waals surface area contributed by atoms with Crippen molar-refractivity contribution in [1.29, 1.82) is 0 Å². The van der Waals surface area contributed by atoms with E-state index in [2.05, 4.69) is 16.0 Å². The highest BCUT2D eigenvalue weighted by atomic mass is 16.2. The molecule has 5 heteroatoms. The summed E-state index contributed by atoms with van der Waals surface area (Å²) in [6.07, 6.45) is 8.42. The van der Waals surface area contributed by atoms with E-state index in [1.807, 2.05) is 35.4 Å². The first-order valence-corrected chi connectivity index (χ1v) is 8.10. The Hall–Kier alpha value is -1.88. The minimum Gasteiger partial charge on any atom is -0.355 e. The van der Waals surface area contributed by atoms with Crippen molar-refractivity contribution in [2.45, 2.75) is 25.3 Å². The summed E-state index contributed by atoms with van der Waals surface area (Å²) in [5.74, 6) is 1.57. The van der Waals surface area contributed by atoms with Crippen LogP contribution in [-0.2, 0) is 4.79 Å². The standard InChI is InChI=1S/C17H24N4O/c18-15-6-5-14(12-15)13-17(22)21-9-3-8-20(10-11-21)16-4-1-2-7-19-16/h1-2,4-7,14-15H,3,8-13,18H2/t14-,15+/m1/s1. The number of rotatable bonds is 3. The zero-order valence-electron chi connectivity index (χ0n) is 12.9. The van der Waals surface area contributed by atoms with E-state index in [1.54, 1.807) is 0 Å². The van der Waals surface area contributed by atoms with Crippen LogP contribution in [0.1, 0.15) is 19.3 Å². The van der Waals surface area contributed by atoms with Crippen LogP contribution in [0.15, 0.2) is 36.5 Å². The van der Waals surface area contributed by atoms with Crippen LogP contribution in [-0.4, -0.2) is 48.0 Å². The molecule has 0 radical (unpaired) electrons. The number of nitrogens with zero attached hydrogens (tertiary/aromatic N) is 3. The predicted octanol–water partition coefficient (Wildman–Crippen LogP) is 1.41. The molecule has 0 aromatic carbocycles. The summed E-state index contributed by atoms with van der Waals surface area (Å²) in [6, 6.07) is 6.09. The molecule has 2 heterocycles. The summed E-state index contributed by atoms with van der Waals surface area (Å²) >= 11 is 0. The predicted molar refractivity (Wildman–Crippen MR) is 87.5 cm³/mol. The van der Waals surface area contributed by atoms with E-state index in [0.717, 1.165) is 44.8 Å². The van der Waals surface area contributed by atoms with Gasteiger partial charge in [0.2, 0.25) is 5.91 Å². The topological polar surface area (TPSA) is 62.5 Å². The Morgan fingerprint density at radius 2 is 2.14 bits per heavy atom. The van der Waals surface area contributed by atoms with Crippen LogP contribution in [0.3, 0.4) is 0 Å². The highest BCUT2D eigenvalue weighted by Gasteiger charge is 2.24. The van der Waals surface area contributed by atoms with Gasteiger partial charge in [-0.25, -0.2) is 4.98 Å². The van der Waals surface area contributed by atoms with Gasteiger partial charge in [-0.2, -0.15) is 0 Å². The van der Waals surface area contributed by atoms with Crippen molar-refractivity contribution in [1.82, 2.24) is 9.88 Å². The number of pyridine rings is 1. The lowest BCUT2D eigenvalue weighted by atomic mass is 10.0. The molecule has 1 amide bonds. The Kier molecular flexibility index (Phi) is 4.73. The van der Waals surface area contributed by atoms with Crippen LogP contribution in [0.4, 0.5) is 5.82 Å². The Labute approximate surface area is 131 Å². The number of hydrogen-bond donors (Lipinski definition) is 1. The third-order valence-corrected chi connectivity index (χ3v) is 4.46. The highest BCUT2D eigenvalue weighted by molar-refractivity contribution is 5.77.